The fourth-order valence-corrected chi connectivity index (χ4v) is 8.52. The molecule has 288 valence electrons. The third kappa shape index (κ3) is 8.94. The van der Waals surface area contributed by atoms with Crippen molar-refractivity contribution in [3.05, 3.63) is 129 Å². The van der Waals surface area contributed by atoms with E-state index < -0.39 is 49.9 Å². The van der Waals surface area contributed by atoms with Crippen LogP contribution in [0.25, 0.3) is 0 Å². The number of methoxy groups -OCH3 is 3. The van der Waals surface area contributed by atoms with Gasteiger partial charge in [-0.05, 0) is 68.7 Å². The molecule has 0 amide bonds. The SMILES string of the molecule is COc1ccc(C(OCC2O[C@@H](n3ccc(=O)[nH]c3=O)[C@H](OC)[C@@H]2OP(OCCC#N)N(C(C)C)C(C)C)(c2ccccc2)c2ccc(OC)cc2)cc1. The van der Waals surface area contributed by atoms with Gasteiger partial charge in [0.15, 0.2) is 6.23 Å². The second kappa shape index (κ2) is 18.8. The maximum atomic E-state index is 13.2. The molecule has 5 rings (SSSR count). The summed E-state index contributed by atoms with van der Waals surface area (Å²) < 4.78 is 47.6. The summed E-state index contributed by atoms with van der Waals surface area (Å²) in [6.45, 7) is 8.30. The van der Waals surface area contributed by atoms with Crippen LogP contribution in [0.2, 0.25) is 0 Å². The van der Waals surface area contributed by atoms with E-state index in [2.05, 4.69) is 15.7 Å². The normalized spacial score (nSPS) is 19.3. The quantitative estimate of drug-likeness (QED) is 0.0710. The van der Waals surface area contributed by atoms with E-state index in [0.717, 1.165) is 16.7 Å². The zero-order chi connectivity index (χ0) is 38.8. The van der Waals surface area contributed by atoms with Crippen LogP contribution in [0.1, 0.15) is 57.0 Å². The average Bonchev–Trinajstić information content (AvgIpc) is 3.51. The van der Waals surface area contributed by atoms with E-state index in [1.165, 1.54) is 23.9 Å². The van der Waals surface area contributed by atoms with Crippen LogP contribution in [0.5, 0.6) is 11.5 Å². The zero-order valence-electron chi connectivity index (χ0n) is 31.7. The third-order valence-electron chi connectivity index (χ3n) is 9.19. The van der Waals surface area contributed by atoms with Gasteiger partial charge in [0.2, 0.25) is 0 Å². The summed E-state index contributed by atoms with van der Waals surface area (Å²) in [6.07, 6.45) is -1.97. The van der Waals surface area contributed by atoms with Gasteiger partial charge in [-0.3, -0.25) is 14.3 Å². The van der Waals surface area contributed by atoms with Gasteiger partial charge in [-0.1, -0.05) is 54.6 Å². The monoisotopic (exact) mass is 760 g/mol. The van der Waals surface area contributed by atoms with Crippen molar-refractivity contribution >= 4 is 8.53 Å². The number of hydrogen-bond donors (Lipinski definition) is 1. The van der Waals surface area contributed by atoms with E-state index in [4.69, 9.17) is 32.7 Å². The maximum absolute atomic E-state index is 13.2. The molecule has 1 fully saturated rings. The predicted octanol–water partition coefficient (Wildman–Crippen LogP) is 6.14. The molecular formula is C40H49N4O9P. The van der Waals surface area contributed by atoms with E-state index in [1.807, 2.05) is 107 Å². The number of rotatable bonds is 18. The van der Waals surface area contributed by atoms with Crippen LogP contribution < -0.4 is 20.7 Å². The lowest BCUT2D eigenvalue weighted by atomic mass is 9.80. The Hall–Kier alpha value is -4.38. The summed E-state index contributed by atoms with van der Waals surface area (Å²) in [5.74, 6) is 1.37. The first-order valence-corrected chi connectivity index (χ1v) is 18.9. The van der Waals surface area contributed by atoms with Crippen LogP contribution >= 0.6 is 8.53 Å². The Kier molecular flexibility index (Phi) is 14.2. The van der Waals surface area contributed by atoms with E-state index in [0.29, 0.717) is 11.5 Å². The van der Waals surface area contributed by atoms with Crippen LogP contribution in [0.3, 0.4) is 0 Å². The summed E-state index contributed by atoms with van der Waals surface area (Å²) in [5.41, 5.74) is 0.101. The van der Waals surface area contributed by atoms with Crippen LogP contribution in [-0.4, -0.2) is 79.2 Å². The van der Waals surface area contributed by atoms with E-state index >= 15 is 0 Å². The highest BCUT2D eigenvalue weighted by Crippen LogP contribution is 2.51. The van der Waals surface area contributed by atoms with Crippen LogP contribution in [0.15, 0.2) is 101 Å². The summed E-state index contributed by atoms with van der Waals surface area (Å²) >= 11 is 0. The minimum Gasteiger partial charge on any atom is -0.497 e. The topological polar surface area (TPSA) is 147 Å². The molecule has 1 aliphatic rings. The van der Waals surface area contributed by atoms with E-state index in [-0.39, 0.29) is 31.7 Å². The molecule has 54 heavy (non-hydrogen) atoms. The molecule has 0 aliphatic carbocycles. The fraction of sp³-hybridized carbons (Fsp3) is 0.425. The van der Waals surface area contributed by atoms with Crippen LogP contribution in [-0.2, 0) is 28.9 Å². The molecule has 0 saturated carbocycles. The molecule has 0 bridgehead atoms. The molecule has 1 aliphatic heterocycles. The van der Waals surface area contributed by atoms with E-state index in [1.54, 1.807) is 14.2 Å². The van der Waals surface area contributed by atoms with E-state index in [9.17, 15) is 14.9 Å². The standard InChI is InChI=1S/C40H49N4O9P/c1-27(2)44(28(3)4)54(51-25-11-23-41)53-36-34(52-38(37(36)49-7)43-24-22-35(45)42-39(43)46)26-50-40(29-12-9-8-10-13-29,30-14-18-32(47-5)19-15-30)31-16-20-33(48-6)21-17-31/h8-10,12-22,24,27-28,34,36-38H,11,25-26H2,1-7H3,(H,42,45,46)/t34?,36-,37-,38-,54?/m1/s1. The lowest BCUT2D eigenvalue weighted by Gasteiger charge is -2.39. The first kappa shape index (κ1) is 40.8. The second-order valence-corrected chi connectivity index (χ2v) is 14.6. The summed E-state index contributed by atoms with van der Waals surface area (Å²) in [6, 6.07) is 28.7. The number of hydrogen-bond acceptors (Lipinski definition) is 11. The fourth-order valence-electron chi connectivity index (χ4n) is 6.75. The van der Waals surface area contributed by atoms with Crippen molar-refractivity contribution in [1.29, 1.82) is 5.26 Å². The van der Waals surface area contributed by atoms with Gasteiger partial charge < -0.3 is 32.7 Å². The predicted molar refractivity (Wildman–Crippen MR) is 204 cm³/mol. The first-order valence-electron chi connectivity index (χ1n) is 17.8. The molecule has 3 aromatic carbocycles. The Labute approximate surface area is 317 Å². The highest BCUT2D eigenvalue weighted by Gasteiger charge is 2.51. The minimum atomic E-state index is -1.77. The Morgan fingerprint density at radius 1 is 0.852 bits per heavy atom. The zero-order valence-corrected chi connectivity index (χ0v) is 32.6. The minimum absolute atomic E-state index is 0.0182. The molecule has 4 aromatic rings. The number of aromatic nitrogens is 2. The highest BCUT2D eigenvalue weighted by molar-refractivity contribution is 7.44. The van der Waals surface area contributed by atoms with Gasteiger partial charge in [-0.15, -0.1) is 0 Å². The average molecular weight is 761 g/mol. The van der Waals surface area contributed by atoms with Crippen molar-refractivity contribution in [2.75, 3.05) is 34.5 Å². The highest BCUT2D eigenvalue weighted by atomic mass is 31.2. The second-order valence-electron chi connectivity index (χ2n) is 13.2. The molecule has 1 aromatic heterocycles. The molecule has 0 spiro atoms. The van der Waals surface area contributed by atoms with Gasteiger partial charge in [0, 0.05) is 31.5 Å². The molecule has 0 radical (unpaired) electrons. The Morgan fingerprint density at radius 2 is 1.43 bits per heavy atom. The number of nitrogens with one attached hydrogen (secondary N) is 1. The lowest BCUT2D eigenvalue weighted by Crippen LogP contribution is -2.43. The molecule has 1 saturated heterocycles. The van der Waals surface area contributed by atoms with Crippen molar-refractivity contribution in [1.82, 2.24) is 14.2 Å². The Bertz CT molecular complexity index is 1870. The third-order valence-corrected chi connectivity index (χ3v) is 11.3. The van der Waals surface area contributed by atoms with Crippen molar-refractivity contribution in [3.8, 4) is 17.6 Å². The van der Waals surface area contributed by atoms with Gasteiger partial charge >= 0.3 is 5.69 Å². The van der Waals surface area contributed by atoms with Crippen molar-refractivity contribution in [2.24, 2.45) is 0 Å². The Balaban J connectivity index is 1.64. The number of ether oxygens (including phenoxy) is 5. The molecule has 5 atom stereocenters. The van der Waals surface area contributed by atoms with Crippen molar-refractivity contribution < 1.29 is 32.7 Å². The first-order chi connectivity index (χ1) is 26.1. The van der Waals surface area contributed by atoms with Crippen LogP contribution in [0, 0.1) is 11.3 Å². The molecule has 2 unspecified atom stereocenters. The van der Waals surface area contributed by atoms with Gasteiger partial charge in [0.25, 0.3) is 14.1 Å². The lowest BCUT2D eigenvalue weighted by molar-refractivity contribution is -0.0957. The largest absolute Gasteiger partial charge is 0.497 e. The molecule has 1 N–H and O–H groups in total. The number of aromatic amines is 1. The summed E-state index contributed by atoms with van der Waals surface area (Å²) in [7, 11) is 2.98. The smallest absolute Gasteiger partial charge is 0.330 e. The van der Waals surface area contributed by atoms with Crippen molar-refractivity contribution in [2.45, 2.75) is 76.3 Å². The maximum Gasteiger partial charge on any atom is 0.330 e. The summed E-state index contributed by atoms with van der Waals surface area (Å²) in [4.78, 5) is 27.6. The number of benzene rings is 3. The molecule has 14 heteroatoms. The van der Waals surface area contributed by atoms with Crippen LogP contribution in [0.4, 0.5) is 0 Å². The number of nitrogens with zero attached hydrogens (tertiary/aromatic N) is 3. The molecular weight excluding hydrogens is 711 g/mol. The van der Waals surface area contributed by atoms with Gasteiger partial charge in [-0.25, -0.2) is 9.46 Å². The number of H-pyrrole nitrogens is 1. The van der Waals surface area contributed by atoms with Gasteiger partial charge in [0.05, 0.1) is 39.9 Å². The summed E-state index contributed by atoms with van der Waals surface area (Å²) in [5, 5.41) is 9.33. The van der Waals surface area contributed by atoms with Crippen molar-refractivity contribution in [3.63, 3.8) is 0 Å². The Morgan fingerprint density at radius 3 is 1.93 bits per heavy atom. The number of nitriles is 1. The molecule has 13 nitrogen and oxygen atoms in total. The molecule has 2 heterocycles. The van der Waals surface area contributed by atoms with Gasteiger partial charge in [0.1, 0.15) is 35.4 Å². The van der Waals surface area contributed by atoms with Gasteiger partial charge in [-0.2, -0.15) is 5.26 Å².